The van der Waals surface area contributed by atoms with Crippen molar-refractivity contribution in [1.29, 1.82) is 0 Å². The second kappa shape index (κ2) is 6.83. The van der Waals surface area contributed by atoms with Gasteiger partial charge in [-0.3, -0.25) is 14.2 Å². The molecule has 0 N–H and O–H groups in total. The van der Waals surface area contributed by atoms with Gasteiger partial charge < -0.3 is 4.42 Å². The van der Waals surface area contributed by atoms with Crippen LogP contribution in [0.15, 0.2) is 68.6 Å². The third-order valence-corrected chi connectivity index (χ3v) is 4.71. The molecule has 136 valence electrons. The van der Waals surface area contributed by atoms with Gasteiger partial charge in [0.25, 0.3) is 5.56 Å². The van der Waals surface area contributed by atoms with Gasteiger partial charge in [0.05, 0.1) is 5.39 Å². The highest BCUT2D eigenvalue weighted by atomic mass is 16.3. The molecular formula is C22H20N2O3. The van der Waals surface area contributed by atoms with Crippen LogP contribution >= 0.6 is 0 Å². The molecule has 0 amide bonds. The summed E-state index contributed by atoms with van der Waals surface area (Å²) in [5.74, 6) is 0.650. The molecule has 0 saturated heterocycles. The first kappa shape index (κ1) is 17.2. The first-order valence-corrected chi connectivity index (χ1v) is 9.06. The van der Waals surface area contributed by atoms with Crippen LogP contribution in [0.5, 0.6) is 0 Å². The van der Waals surface area contributed by atoms with Crippen LogP contribution in [0.3, 0.4) is 0 Å². The zero-order valence-corrected chi connectivity index (χ0v) is 15.3. The van der Waals surface area contributed by atoms with Crippen LogP contribution in [-0.2, 0) is 13.0 Å². The Morgan fingerprint density at radius 1 is 1.00 bits per heavy atom. The average Bonchev–Trinajstić information content (AvgIpc) is 2.67. The van der Waals surface area contributed by atoms with E-state index in [-0.39, 0.29) is 28.0 Å². The summed E-state index contributed by atoms with van der Waals surface area (Å²) in [7, 11) is 0. The standard InChI is InChI=1S/C22H20N2O3/c1-14(2)20-23-21-18(19(25)16-10-6-7-11-17(16)27-21)22(26)24(20)13-12-15-8-4-3-5-9-15/h3-11,14H,12-13H2,1-2H3. The van der Waals surface area contributed by atoms with Gasteiger partial charge in [-0.25, -0.2) is 0 Å². The van der Waals surface area contributed by atoms with E-state index in [1.165, 1.54) is 0 Å². The van der Waals surface area contributed by atoms with Crippen LogP contribution in [0.25, 0.3) is 22.1 Å². The van der Waals surface area contributed by atoms with E-state index in [2.05, 4.69) is 4.98 Å². The van der Waals surface area contributed by atoms with Gasteiger partial charge in [0, 0.05) is 12.5 Å². The first-order chi connectivity index (χ1) is 13.1. The van der Waals surface area contributed by atoms with Gasteiger partial charge in [0.15, 0.2) is 5.39 Å². The maximum absolute atomic E-state index is 13.2. The Bertz CT molecular complexity index is 1240. The summed E-state index contributed by atoms with van der Waals surface area (Å²) in [5.41, 5.74) is 1.03. The van der Waals surface area contributed by atoms with E-state index in [4.69, 9.17) is 4.42 Å². The summed E-state index contributed by atoms with van der Waals surface area (Å²) >= 11 is 0. The summed E-state index contributed by atoms with van der Waals surface area (Å²) in [6.07, 6.45) is 0.687. The Kier molecular flexibility index (Phi) is 4.36. The molecule has 5 nitrogen and oxygen atoms in total. The van der Waals surface area contributed by atoms with E-state index in [1.54, 1.807) is 28.8 Å². The summed E-state index contributed by atoms with van der Waals surface area (Å²) in [5, 5.41) is 0.418. The summed E-state index contributed by atoms with van der Waals surface area (Å²) in [6.45, 7) is 4.42. The van der Waals surface area contributed by atoms with Gasteiger partial charge in [-0.1, -0.05) is 56.3 Å². The lowest BCUT2D eigenvalue weighted by atomic mass is 10.1. The second-order valence-corrected chi connectivity index (χ2v) is 6.92. The Balaban J connectivity index is 1.94. The zero-order valence-electron chi connectivity index (χ0n) is 15.3. The van der Waals surface area contributed by atoms with E-state index in [0.29, 0.717) is 29.8 Å². The number of aromatic nitrogens is 2. The van der Waals surface area contributed by atoms with Crippen molar-refractivity contribution in [3.63, 3.8) is 0 Å². The van der Waals surface area contributed by atoms with Crippen molar-refractivity contribution < 1.29 is 4.42 Å². The monoisotopic (exact) mass is 360 g/mol. The van der Waals surface area contributed by atoms with Crippen LogP contribution in [0, 0.1) is 0 Å². The predicted octanol–water partition coefficient (Wildman–Crippen LogP) is 3.87. The third-order valence-electron chi connectivity index (χ3n) is 4.71. The zero-order chi connectivity index (χ0) is 19.0. The fourth-order valence-corrected chi connectivity index (χ4v) is 3.34. The third kappa shape index (κ3) is 3.05. The number of rotatable bonds is 4. The number of fused-ring (bicyclic) bond motifs is 2. The van der Waals surface area contributed by atoms with Crippen LogP contribution in [0.4, 0.5) is 0 Å². The molecule has 0 aliphatic heterocycles. The molecular weight excluding hydrogens is 340 g/mol. The van der Waals surface area contributed by atoms with Crippen LogP contribution in [-0.4, -0.2) is 9.55 Å². The van der Waals surface area contributed by atoms with Crippen LogP contribution in [0.1, 0.15) is 31.2 Å². The van der Waals surface area contributed by atoms with Crippen molar-refractivity contribution in [3.8, 4) is 0 Å². The number of hydrogen-bond donors (Lipinski definition) is 0. The maximum Gasteiger partial charge on any atom is 0.268 e. The number of aryl methyl sites for hydroxylation is 1. The Hall–Kier alpha value is -3.21. The molecule has 2 aromatic heterocycles. The van der Waals surface area contributed by atoms with E-state index in [1.807, 2.05) is 44.2 Å². The number of hydrogen-bond acceptors (Lipinski definition) is 4. The molecule has 0 aliphatic rings. The van der Waals surface area contributed by atoms with Crippen molar-refractivity contribution >= 4 is 22.1 Å². The van der Waals surface area contributed by atoms with Gasteiger partial charge >= 0.3 is 0 Å². The molecule has 5 heteroatoms. The summed E-state index contributed by atoms with van der Waals surface area (Å²) in [4.78, 5) is 30.7. The van der Waals surface area contributed by atoms with Gasteiger partial charge in [-0.2, -0.15) is 4.98 Å². The molecule has 2 heterocycles. The topological polar surface area (TPSA) is 65.1 Å². The van der Waals surface area contributed by atoms with E-state index < -0.39 is 0 Å². The smallest absolute Gasteiger partial charge is 0.268 e. The molecule has 4 aromatic rings. The van der Waals surface area contributed by atoms with Gasteiger partial charge in [-0.15, -0.1) is 0 Å². The van der Waals surface area contributed by atoms with Crippen molar-refractivity contribution in [2.45, 2.75) is 32.7 Å². The lowest BCUT2D eigenvalue weighted by molar-refractivity contribution is 0.567. The van der Waals surface area contributed by atoms with E-state index >= 15 is 0 Å². The van der Waals surface area contributed by atoms with Crippen molar-refractivity contribution in [2.75, 3.05) is 0 Å². The molecule has 0 atom stereocenters. The first-order valence-electron chi connectivity index (χ1n) is 9.06. The normalized spacial score (nSPS) is 11.5. The maximum atomic E-state index is 13.2. The largest absolute Gasteiger partial charge is 0.437 e. The molecule has 0 radical (unpaired) electrons. The van der Waals surface area contributed by atoms with E-state index in [9.17, 15) is 9.59 Å². The van der Waals surface area contributed by atoms with Gasteiger partial charge in [-0.05, 0) is 24.1 Å². The van der Waals surface area contributed by atoms with Crippen LogP contribution < -0.4 is 11.0 Å². The number of benzene rings is 2. The quantitative estimate of drug-likeness (QED) is 0.518. The fourth-order valence-electron chi connectivity index (χ4n) is 3.34. The van der Waals surface area contributed by atoms with Gasteiger partial charge in [0.1, 0.15) is 11.4 Å². The summed E-state index contributed by atoms with van der Waals surface area (Å²) in [6, 6.07) is 16.9. The number of nitrogens with zero attached hydrogens (tertiary/aromatic N) is 2. The molecule has 0 fully saturated rings. The van der Waals surface area contributed by atoms with Crippen molar-refractivity contribution in [3.05, 3.63) is 86.6 Å². The van der Waals surface area contributed by atoms with Crippen molar-refractivity contribution in [2.24, 2.45) is 0 Å². The Labute approximate surface area is 155 Å². The highest BCUT2D eigenvalue weighted by Crippen LogP contribution is 2.18. The molecule has 0 bridgehead atoms. The molecule has 4 rings (SSSR count). The lowest BCUT2D eigenvalue weighted by Crippen LogP contribution is -2.30. The van der Waals surface area contributed by atoms with E-state index in [0.717, 1.165) is 5.56 Å². The minimum Gasteiger partial charge on any atom is -0.437 e. The SMILES string of the molecule is CC(C)c1nc2oc3ccccc3c(=O)c2c(=O)n1CCc1ccccc1. The second-order valence-electron chi connectivity index (χ2n) is 6.92. The minimum absolute atomic E-state index is 0.0196. The van der Waals surface area contributed by atoms with Crippen LogP contribution in [0.2, 0.25) is 0 Å². The highest BCUT2D eigenvalue weighted by molar-refractivity contribution is 5.87. The highest BCUT2D eigenvalue weighted by Gasteiger charge is 2.19. The lowest BCUT2D eigenvalue weighted by Gasteiger charge is -2.15. The number of para-hydroxylation sites is 1. The molecule has 0 aliphatic carbocycles. The Morgan fingerprint density at radius 2 is 1.70 bits per heavy atom. The Morgan fingerprint density at radius 3 is 2.44 bits per heavy atom. The van der Waals surface area contributed by atoms with Crippen molar-refractivity contribution in [1.82, 2.24) is 9.55 Å². The minimum atomic E-state index is -0.334. The van der Waals surface area contributed by atoms with Gasteiger partial charge in [0.2, 0.25) is 11.1 Å². The molecule has 0 saturated carbocycles. The molecule has 0 unspecified atom stereocenters. The molecule has 2 aromatic carbocycles. The average molecular weight is 360 g/mol. The fraction of sp³-hybridized carbons (Fsp3) is 0.227. The molecule has 0 spiro atoms. The predicted molar refractivity (Wildman–Crippen MR) is 106 cm³/mol. The summed E-state index contributed by atoms with van der Waals surface area (Å²) < 4.78 is 7.41. The molecule has 27 heavy (non-hydrogen) atoms.